The van der Waals surface area contributed by atoms with Crippen molar-refractivity contribution in [3.63, 3.8) is 0 Å². The largest absolute Gasteiger partial charge is 0.460 e. The summed E-state index contributed by atoms with van der Waals surface area (Å²) in [6.45, 7) is 1.40. The zero-order valence-corrected chi connectivity index (χ0v) is 11.2. The van der Waals surface area contributed by atoms with Gasteiger partial charge < -0.3 is 14.4 Å². The highest BCUT2D eigenvalue weighted by Gasteiger charge is 2.66. The van der Waals surface area contributed by atoms with E-state index in [1.54, 1.807) is 17.3 Å². The molecule has 2 bridgehead atoms. The number of amides is 1. The summed E-state index contributed by atoms with van der Waals surface area (Å²) in [6, 6.07) is 3.76. The van der Waals surface area contributed by atoms with Crippen molar-refractivity contribution < 1.29 is 19.1 Å². The molecule has 0 N–H and O–H groups in total. The molecule has 3 aliphatic rings. The molecule has 0 aromatic carbocycles. The molecule has 108 valence electrons. The maximum Gasteiger partial charge on any atom is 0.293 e. The minimum Gasteiger partial charge on any atom is -0.460 e. The third kappa shape index (κ3) is 1.72. The normalized spacial score (nSPS) is 36.1. The molecule has 2 saturated heterocycles. The van der Waals surface area contributed by atoms with Crippen LogP contribution < -0.4 is 0 Å². The lowest BCUT2D eigenvalue weighted by Crippen LogP contribution is -2.40. The van der Waals surface area contributed by atoms with Crippen molar-refractivity contribution in [1.82, 2.24) is 9.88 Å². The van der Waals surface area contributed by atoms with E-state index in [4.69, 9.17) is 9.47 Å². The standard InChI is InChI=1S/C15H14N2O4/c18-9-20-13-11-1-4-15(21-11)8-17(14(19)12(13)15)7-10-2-5-16-6-3-10/h1-6,9,11-13H,7-8H2/t11-,12+,13+,15-/m0/s1. The van der Waals surface area contributed by atoms with Gasteiger partial charge in [0.05, 0.1) is 6.54 Å². The minimum atomic E-state index is -0.636. The van der Waals surface area contributed by atoms with Gasteiger partial charge in [0.25, 0.3) is 6.47 Å². The van der Waals surface area contributed by atoms with E-state index in [-0.39, 0.29) is 12.0 Å². The molecule has 0 radical (unpaired) electrons. The van der Waals surface area contributed by atoms with Crippen molar-refractivity contribution in [1.29, 1.82) is 0 Å². The van der Waals surface area contributed by atoms with Crippen molar-refractivity contribution in [3.05, 3.63) is 42.2 Å². The molecule has 4 atom stereocenters. The van der Waals surface area contributed by atoms with Crippen LogP contribution >= 0.6 is 0 Å². The topological polar surface area (TPSA) is 68.7 Å². The average molecular weight is 286 g/mol. The smallest absolute Gasteiger partial charge is 0.293 e. The van der Waals surface area contributed by atoms with Gasteiger partial charge in [-0.2, -0.15) is 0 Å². The molecule has 1 aromatic rings. The second-order valence-corrected chi connectivity index (χ2v) is 5.62. The molecular formula is C15H14N2O4. The summed E-state index contributed by atoms with van der Waals surface area (Å²) in [5, 5.41) is 0. The maximum atomic E-state index is 12.7. The minimum absolute atomic E-state index is 0.0227. The first kappa shape index (κ1) is 12.5. The molecule has 0 unspecified atom stereocenters. The third-order valence-corrected chi connectivity index (χ3v) is 4.45. The molecule has 4 rings (SSSR count). The number of rotatable bonds is 4. The summed E-state index contributed by atoms with van der Waals surface area (Å²) in [5.41, 5.74) is 0.378. The zero-order valence-electron chi connectivity index (χ0n) is 11.2. The Morgan fingerprint density at radius 2 is 2.29 bits per heavy atom. The fourth-order valence-electron chi connectivity index (χ4n) is 3.58. The molecule has 6 heteroatoms. The van der Waals surface area contributed by atoms with E-state index in [1.807, 2.05) is 24.3 Å². The lowest BCUT2D eigenvalue weighted by atomic mass is 9.83. The monoisotopic (exact) mass is 286 g/mol. The molecule has 21 heavy (non-hydrogen) atoms. The maximum absolute atomic E-state index is 12.7. The van der Waals surface area contributed by atoms with Gasteiger partial charge in [-0.3, -0.25) is 14.6 Å². The van der Waals surface area contributed by atoms with Crippen LogP contribution in [0.15, 0.2) is 36.7 Å². The van der Waals surface area contributed by atoms with Crippen LogP contribution in [-0.4, -0.2) is 46.6 Å². The Kier molecular flexibility index (Phi) is 2.62. The second kappa shape index (κ2) is 4.39. The van der Waals surface area contributed by atoms with E-state index in [1.165, 1.54) is 0 Å². The highest BCUT2D eigenvalue weighted by molar-refractivity contribution is 5.85. The Morgan fingerprint density at radius 1 is 1.48 bits per heavy atom. The van der Waals surface area contributed by atoms with E-state index >= 15 is 0 Å². The summed E-state index contributed by atoms with van der Waals surface area (Å²) >= 11 is 0. The van der Waals surface area contributed by atoms with Crippen LogP contribution in [0.1, 0.15) is 5.56 Å². The predicted octanol–water partition coefficient (Wildman–Crippen LogP) is 0.289. The van der Waals surface area contributed by atoms with Gasteiger partial charge in [0.2, 0.25) is 5.91 Å². The molecule has 3 aliphatic heterocycles. The van der Waals surface area contributed by atoms with Crippen molar-refractivity contribution in [2.45, 2.75) is 24.4 Å². The molecule has 6 nitrogen and oxygen atoms in total. The third-order valence-electron chi connectivity index (χ3n) is 4.45. The van der Waals surface area contributed by atoms with Crippen LogP contribution in [0.3, 0.4) is 0 Å². The number of aromatic nitrogens is 1. The van der Waals surface area contributed by atoms with E-state index < -0.39 is 17.6 Å². The van der Waals surface area contributed by atoms with Gasteiger partial charge in [-0.1, -0.05) is 12.2 Å². The Bertz CT molecular complexity index is 617. The fourth-order valence-corrected chi connectivity index (χ4v) is 3.58. The lowest BCUT2D eigenvalue weighted by Gasteiger charge is -2.22. The predicted molar refractivity (Wildman–Crippen MR) is 70.8 cm³/mol. The first-order valence-electron chi connectivity index (χ1n) is 6.87. The Labute approximate surface area is 121 Å². The summed E-state index contributed by atoms with van der Waals surface area (Å²) < 4.78 is 11.0. The van der Waals surface area contributed by atoms with Crippen LogP contribution in [0.4, 0.5) is 0 Å². The molecule has 1 aromatic heterocycles. The Balaban J connectivity index is 1.60. The van der Waals surface area contributed by atoms with Crippen molar-refractivity contribution in [2.24, 2.45) is 5.92 Å². The zero-order chi connectivity index (χ0) is 14.4. The number of likely N-dealkylation sites (tertiary alicyclic amines) is 1. The van der Waals surface area contributed by atoms with E-state index in [2.05, 4.69) is 4.98 Å². The van der Waals surface area contributed by atoms with E-state index in [0.717, 1.165) is 5.56 Å². The van der Waals surface area contributed by atoms with Crippen LogP contribution in [0.2, 0.25) is 0 Å². The van der Waals surface area contributed by atoms with Crippen LogP contribution in [0.25, 0.3) is 0 Å². The number of pyridine rings is 1. The molecular weight excluding hydrogens is 272 g/mol. The molecule has 4 heterocycles. The summed E-state index contributed by atoms with van der Waals surface area (Å²) in [5.74, 6) is -0.454. The molecule has 1 spiro atoms. The molecule has 1 amide bonds. The first-order chi connectivity index (χ1) is 10.2. The lowest BCUT2D eigenvalue weighted by molar-refractivity contribution is -0.142. The Hall–Kier alpha value is -2.21. The van der Waals surface area contributed by atoms with Gasteiger partial charge in [-0.25, -0.2) is 0 Å². The van der Waals surface area contributed by atoms with Crippen LogP contribution in [0.5, 0.6) is 0 Å². The van der Waals surface area contributed by atoms with Crippen molar-refractivity contribution in [2.75, 3.05) is 6.54 Å². The van der Waals surface area contributed by atoms with Gasteiger partial charge in [0.1, 0.15) is 23.7 Å². The Morgan fingerprint density at radius 3 is 3.05 bits per heavy atom. The quantitative estimate of drug-likeness (QED) is 0.588. The molecule has 0 saturated carbocycles. The van der Waals surface area contributed by atoms with Crippen LogP contribution in [0, 0.1) is 5.92 Å². The average Bonchev–Trinajstić information content (AvgIpc) is 3.11. The summed E-state index contributed by atoms with van der Waals surface area (Å²) in [7, 11) is 0. The van der Waals surface area contributed by atoms with E-state index in [9.17, 15) is 9.59 Å². The number of carbonyl (C=O) groups is 2. The number of hydrogen-bond donors (Lipinski definition) is 0. The number of nitrogens with zero attached hydrogens (tertiary/aromatic N) is 2. The van der Waals surface area contributed by atoms with Gasteiger partial charge in [-0.05, 0) is 17.7 Å². The molecule has 2 fully saturated rings. The van der Waals surface area contributed by atoms with Crippen molar-refractivity contribution >= 4 is 12.4 Å². The number of carbonyl (C=O) groups excluding carboxylic acids is 2. The number of hydrogen-bond acceptors (Lipinski definition) is 5. The second-order valence-electron chi connectivity index (χ2n) is 5.62. The number of fused-ring (bicyclic) bond motifs is 1. The van der Waals surface area contributed by atoms with Crippen LogP contribution in [-0.2, 0) is 25.6 Å². The van der Waals surface area contributed by atoms with Gasteiger partial charge >= 0.3 is 0 Å². The highest BCUT2D eigenvalue weighted by Crippen LogP contribution is 2.49. The fraction of sp³-hybridized carbons (Fsp3) is 0.400. The summed E-state index contributed by atoms with van der Waals surface area (Å²) in [4.78, 5) is 29.1. The molecule has 0 aliphatic carbocycles. The van der Waals surface area contributed by atoms with Gasteiger partial charge in [0, 0.05) is 18.9 Å². The van der Waals surface area contributed by atoms with E-state index in [0.29, 0.717) is 19.6 Å². The number of ether oxygens (including phenoxy) is 2. The first-order valence-corrected chi connectivity index (χ1v) is 6.87. The van der Waals surface area contributed by atoms with Gasteiger partial charge in [-0.15, -0.1) is 0 Å². The highest BCUT2D eigenvalue weighted by atomic mass is 16.6. The van der Waals surface area contributed by atoms with Crippen molar-refractivity contribution in [3.8, 4) is 0 Å². The van der Waals surface area contributed by atoms with Gasteiger partial charge in [0.15, 0.2) is 0 Å². The SMILES string of the molecule is O=CO[C@@H]1[C@@H]2C=C[C@@]3(CN(Cc4ccncc4)C(=O)[C@@H]13)O2. The summed E-state index contributed by atoms with van der Waals surface area (Å²) in [6.07, 6.45) is 6.42.